The molecule has 5 nitrogen and oxygen atoms in total. The second-order valence-electron chi connectivity index (χ2n) is 5.75. The van der Waals surface area contributed by atoms with Crippen molar-refractivity contribution < 1.29 is 27.8 Å². The molecular formula is C18H23F3N2O3. The van der Waals surface area contributed by atoms with Crippen LogP contribution in [0.25, 0.3) is 0 Å². The summed E-state index contributed by atoms with van der Waals surface area (Å²) in [6.07, 6.45) is -2.55. The normalized spacial score (nSPS) is 12.1. The first-order chi connectivity index (χ1) is 12.1. The van der Waals surface area contributed by atoms with Crippen LogP contribution < -0.4 is 0 Å². The van der Waals surface area contributed by atoms with Gasteiger partial charge < -0.3 is 14.4 Å². The first-order valence-electron chi connectivity index (χ1n) is 8.06. The molecule has 0 radical (unpaired) electrons. The highest BCUT2D eigenvalue weighted by molar-refractivity contribution is 5.56. The van der Waals surface area contributed by atoms with Crippen LogP contribution in [0.1, 0.15) is 42.3 Å². The van der Waals surface area contributed by atoms with E-state index in [1.165, 1.54) is 16.7 Å². The number of hydrogen-bond acceptors (Lipinski definition) is 3. The molecular weight excluding hydrogens is 349 g/mol. The van der Waals surface area contributed by atoms with Gasteiger partial charge in [-0.3, -0.25) is 0 Å². The lowest BCUT2D eigenvalue weighted by Crippen LogP contribution is -2.19. The minimum Gasteiger partial charge on any atom is -0.450 e. The van der Waals surface area contributed by atoms with Crippen LogP contribution in [0.5, 0.6) is 0 Å². The highest BCUT2D eigenvalue weighted by atomic mass is 19.4. The monoisotopic (exact) mass is 372 g/mol. The summed E-state index contributed by atoms with van der Waals surface area (Å²) in [5, 5.41) is 7.55. The van der Waals surface area contributed by atoms with Crippen LogP contribution in [0.3, 0.4) is 0 Å². The lowest BCUT2D eigenvalue weighted by Gasteiger charge is -2.17. The van der Waals surface area contributed by atoms with Crippen LogP contribution in [0, 0.1) is 13.8 Å². The van der Waals surface area contributed by atoms with Crippen molar-refractivity contribution in [1.82, 2.24) is 9.55 Å². The topological polar surface area (TPSA) is 64.4 Å². The Hall–Kier alpha value is -2.51. The van der Waals surface area contributed by atoms with E-state index in [0.717, 1.165) is 12.4 Å². The molecule has 2 rings (SSSR count). The molecule has 26 heavy (non-hydrogen) atoms. The SMILES string of the molecule is CCn1ccnc1C(C)c1cccc(C)c1C.O=C(O)OCC(F)(F)F. The van der Waals surface area contributed by atoms with Gasteiger partial charge in [-0.15, -0.1) is 0 Å². The zero-order valence-corrected chi connectivity index (χ0v) is 15.2. The number of halogens is 3. The first kappa shape index (κ1) is 21.5. The minimum atomic E-state index is -4.57. The molecule has 1 aromatic carbocycles. The molecule has 0 saturated carbocycles. The third kappa shape index (κ3) is 6.42. The molecule has 1 heterocycles. The molecule has 144 valence electrons. The highest BCUT2D eigenvalue weighted by Gasteiger charge is 2.29. The Labute approximate surface area is 150 Å². The largest absolute Gasteiger partial charge is 0.506 e. The standard InChI is InChI=1S/C15H20N2.C3H3F3O3/c1-5-17-10-9-16-15(17)13(4)14-8-6-7-11(2)12(14)3;4-3(5,6)1-9-2(7)8/h6-10,13H,5H2,1-4H3;1H2,(H,7,8). The molecule has 8 heteroatoms. The fourth-order valence-corrected chi connectivity index (χ4v) is 2.49. The first-order valence-corrected chi connectivity index (χ1v) is 8.06. The van der Waals surface area contributed by atoms with Crippen molar-refractivity contribution in [2.45, 2.75) is 46.3 Å². The molecule has 0 spiro atoms. The number of carboxylic acid groups (broad SMARTS) is 1. The Bertz CT molecular complexity index is 727. The average Bonchev–Trinajstić information content (AvgIpc) is 3.03. The van der Waals surface area contributed by atoms with Crippen LogP contribution in [-0.2, 0) is 11.3 Å². The minimum absolute atomic E-state index is 0.352. The molecule has 1 atom stereocenters. The maximum absolute atomic E-state index is 11.0. The summed E-state index contributed by atoms with van der Waals surface area (Å²) < 4.78 is 38.5. The van der Waals surface area contributed by atoms with E-state index in [0.29, 0.717) is 5.92 Å². The predicted octanol–water partition coefficient (Wildman–Crippen LogP) is 4.91. The van der Waals surface area contributed by atoms with Gasteiger partial charge in [-0.05, 0) is 37.5 Å². The number of carbonyl (C=O) groups is 1. The Morgan fingerprint density at radius 3 is 2.50 bits per heavy atom. The second kappa shape index (κ2) is 9.26. The lowest BCUT2D eigenvalue weighted by atomic mass is 9.93. The molecule has 0 fully saturated rings. The van der Waals surface area contributed by atoms with Gasteiger partial charge in [-0.1, -0.05) is 25.1 Å². The van der Waals surface area contributed by atoms with Crippen LogP contribution in [0.2, 0.25) is 0 Å². The molecule has 1 unspecified atom stereocenters. The summed E-state index contributed by atoms with van der Waals surface area (Å²) in [6, 6.07) is 6.51. The summed E-state index contributed by atoms with van der Waals surface area (Å²) in [7, 11) is 0. The van der Waals surface area contributed by atoms with Crippen LogP contribution in [0.15, 0.2) is 30.6 Å². The molecule has 0 saturated heterocycles. The Kier molecular flexibility index (Phi) is 7.67. The Morgan fingerprint density at radius 1 is 1.35 bits per heavy atom. The number of imidazole rings is 1. The molecule has 0 bridgehead atoms. The fourth-order valence-electron chi connectivity index (χ4n) is 2.49. The number of aryl methyl sites for hydroxylation is 2. The Balaban J connectivity index is 0.000000321. The van der Waals surface area contributed by atoms with Crippen molar-refractivity contribution in [3.63, 3.8) is 0 Å². The number of rotatable bonds is 4. The van der Waals surface area contributed by atoms with Crippen molar-refractivity contribution in [2.75, 3.05) is 6.61 Å². The zero-order chi connectivity index (χ0) is 19.9. The number of benzene rings is 1. The van der Waals surface area contributed by atoms with E-state index >= 15 is 0 Å². The summed E-state index contributed by atoms with van der Waals surface area (Å²) in [6.45, 7) is 7.97. The third-order valence-electron chi connectivity index (χ3n) is 3.95. The third-order valence-corrected chi connectivity index (χ3v) is 3.95. The van der Waals surface area contributed by atoms with Gasteiger partial charge in [0, 0.05) is 24.9 Å². The molecule has 2 aromatic rings. The van der Waals surface area contributed by atoms with Gasteiger partial charge in [-0.2, -0.15) is 13.2 Å². The van der Waals surface area contributed by atoms with Crippen LogP contribution in [-0.4, -0.2) is 33.6 Å². The summed E-state index contributed by atoms with van der Waals surface area (Å²) in [4.78, 5) is 13.8. The van der Waals surface area contributed by atoms with Crippen molar-refractivity contribution in [3.8, 4) is 0 Å². The molecule has 0 aliphatic rings. The maximum atomic E-state index is 11.0. The van der Waals surface area contributed by atoms with Crippen molar-refractivity contribution in [3.05, 3.63) is 53.1 Å². The lowest BCUT2D eigenvalue weighted by molar-refractivity contribution is -0.163. The van der Waals surface area contributed by atoms with Crippen LogP contribution >= 0.6 is 0 Å². The number of alkyl halides is 3. The van der Waals surface area contributed by atoms with Gasteiger partial charge in [0.15, 0.2) is 6.61 Å². The molecule has 1 N–H and O–H groups in total. The van der Waals surface area contributed by atoms with Gasteiger partial charge in [-0.25, -0.2) is 9.78 Å². The second-order valence-corrected chi connectivity index (χ2v) is 5.75. The summed E-state index contributed by atoms with van der Waals surface area (Å²) in [5.41, 5.74) is 4.11. The van der Waals surface area contributed by atoms with E-state index in [1.54, 1.807) is 0 Å². The van der Waals surface area contributed by atoms with E-state index in [-0.39, 0.29) is 0 Å². The van der Waals surface area contributed by atoms with Gasteiger partial charge >= 0.3 is 12.3 Å². The molecule has 0 amide bonds. The predicted molar refractivity (Wildman–Crippen MR) is 91.4 cm³/mol. The van der Waals surface area contributed by atoms with E-state index in [2.05, 4.69) is 66.4 Å². The molecule has 0 aliphatic heterocycles. The van der Waals surface area contributed by atoms with Gasteiger partial charge in [0.25, 0.3) is 0 Å². The average molecular weight is 372 g/mol. The zero-order valence-electron chi connectivity index (χ0n) is 15.2. The quantitative estimate of drug-likeness (QED) is 0.774. The number of hydrogen-bond donors (Lipinski definition) is 1. The smallest absolute Gasteiger partial charge is 0.450 e. The van der Waals surface area contributed by atoms with Gasteiger partial charge in [0.1, 0.15) is 5.82 Å². The molecule has 1 aromatic heterocycles. The van der Waals surface area contributed by atoms with Gasteiger partial charge in [0.2, 0.25) is 0 Å². The fraction of sp³-hybridized carbons (Fsp3) is 0.444. The Morgan fingerprint density at radius 2 is 2.00 bits per heavy atom. The summed E-state index contributed by atoms with van der Waals surface area (Å²) >= 11 is 0. The number of ether oxygens (including phenoxy) is 1. The molecule has 0 aliphatic carbocycles. The van der Waals surface area contributed by atoms with E-state index < -0.39 is 18.9 Å². The van der Waals surface area contributed by atoms with Crippen molar-refractivity contribution in [1.29, 1.82) is 0 Å². The maximum Gasteiger partial charge on any atom is 0.506 e. The van der Waals surface area contributed by atoms with Gasteiger partial charge in [0.05, 0.1) is 0 Å². The van der Waals surface area contributed by atoms with E-state index in [9.17, 15) is 18.0 Å². The van der Waals surface area contributed by atoms with E-state index in [1.807, 2.05) is 6.20 Å². The summed E-state index contributed by atoms with van der Waals surface area (Å²) in [5.74, 6) is 1.51. The van der Waals surface area contributed by atoms with Crippen molar-refractivity contribution in [2.24, 2.45) is 0 Å². The van der Waals surface area contributed by atoms with E-state index in [4.69, 9.17) is 5.11 Å². The number of aromatic nitrogens is 2. The van der Waals surface area contributed by atoms with Crippen LogP contribution in [0.4, 0.5) is 18.0 Å². The van der Waals surface area contributed by atoms with Crippen molar-refractivity contribution >= 4 is 6.16 Å². The highest BCUT2D eigenvalue weighted by Crippen LogP contribution is 2.27. The number of nitrogens with zero attached hydrogens (tertiary/aromatic N) is 2.